The van der Waals surface area contributed by atoms with Gasteiger partial charge in [0.15, 0.2) is 0 Å². The van der Waals surface area contributed by atoms with Crippen LogP contribution >= 0.6 is 11.8 Å². The van der Waals surface area contributed by atoms with Gasteiger partial charge in [-0.25, -0.2) is 9.59 Å². The van der Waals surface area contributed by atoms with Gasteiger partial charge in [-0.3, -0.25) is 0 Å². The first-order valence-corrected chi connectivity index (χ1v) is 8.79. The van der Waals surface area contributed by atoms with Crippen LogP contribution in [-0.2, 0) is 9.53 Å². The Kier molecular flexibility index (Phi) is 6.17. The van der Waals surface area contributed by atoms with E-state index < -0.39 is 5.97 Å². The molecule has 0 aromatic rings. The molecule has 2 aliphatic rings. The summed E-state index contributed by atoms with van der Waals surface area (Å²) in [6.45, 7) is 1.01. The lowest BCUT2D eigenvalue weighted by Crippen LogP contribution is -2.48. The van der Waals surface area contributed by atoms with Crippen molar-refractivity contribution in [2.45, 2.75) is 49.5 Å². The predicted octanol–water partition coefficient (Wildman–Crippen LogP) is 1.55. The number of amides is 2. The number of aliphatic carboxylic acids is 1. The molecule has 1 saturated carbocycles. The largest absolute Gasteiger partial charge is 0.480 e. The topological polar surface area (TPSA) is 78.9 Å². The Bertz CT molecular complexity index is 372. The second-order valence-corrected chi connectivity index (χ2v) is 6.85. The second-order valence-electron chi connectivity index (χ2n) is 5.71. The molecule has 2 unspecified atom stereocenters. The van der Waals surface area contributed by atoms with Crippen molar-refractivity contribution in [3.63, 3.8) is 0 Å². The molecule has 1 heterocycles. The molecule has 7 heteroatoms. The maximum atomic E-state index is 12.2. The standard InChI is InChI=1S/C14H24N2O4S/c1-21-12-3-2-10(8-12)15-14(19)16-6-4-11(5-7-16)20-9-13(17)18/h10-12H,2-9H2,1H3,(H,15,19)(H,17,18). The molecule has 2 amide bonds. The predicted molar refractivity (Wildman–Crippen MR) is 81.7 cm³/mol. The molecule has 21 heavy (non-hydrogen) atoms. The number of nitrogens with one attached hydrogen (secondary N) is 1. The van der Waals surface area contributed by atoms with E-state index in [4.69, 9.17) is 9.84 Å². The summed E-state index contributed by atoms with van der Waals surface area (Å²) in [6.07, 6.45) is 6.80. The summed E-state index contributed by atoms with van der Waals surface area (Å²) >= 11 is 1.88. The molecule has 1 aliphatic carbocycles. The molecule has 6 nitrogen and oxygen atoms in total. The quantitative estimate of drug-likeness (QED) is 0.804. The van der Waals surface area contributed by atoms with E-state index >= 15 is 0 Å². The summed E-state index contributed by atoms with van der Waals surface area (Å²) in [5.74, 6) is -0.945. The molecule has 2 rings (SSSR count). The minimum atomic E-state index is -0.945. The number of rotatable bonds is 5. The lowest BCUT2D eigenvalue weighted by Gasteiger charge is -2.32. The number of urea groups is 1. The highest BCUT2D eigenvalue weighted by molar-refractivity contribution is 7.99. The third-order valence-electron chi connectivity index (χ3n) is 4.22. The maximum absolute atomic E-state index is 12.2. The van der Waals surface area contributed by atoms with E-state index in [9.17, 15) is 9.59 Å². The lowest BCUT2D eigenvalue weighted by molar-refractivity contribution is -0.145. The lowest BCUT2D eigenvalue weighted by atomic mass is 10.1. The first kappa shape index (κ1) is 16.4. The van der Waals surface area contributed by atoms with Crippen molar-refractivity contribution in [2.75, 3.05) is 26.0 Å². The minimum absolute atomic E-state index is 0.0124. The van der Waals surface area contributed by atoms with Gasteiger partial charge in [-0.2, -0.15) is 11.8 Å². The number of hydrogen-bond donors (Lipinski definition) is 2. The van der Waals surface area contributed by atoms with Crippen LogP contribution in [0.5, 0.6) is 0 Å². The van der Waals surface area contributed by atoms with E-state index in [2.05, 4.69) is 11.6 Å². The Balaban J connectivity index is 1.67. The van der Waals surface area contributed by atoms with Crippen molar-refractivity contribution in [1.82, 2.24) is 10.2 Å². The van der Waals surface area contributed by atoms with Crippen molar-refractivity contribution in [1.29, 1.82) is 0 Å². The van der Waals surface area contributed by atoms with Crippen LogP contribution in [0.25, 0.3) is 0 Å². The van der Waals surface area contributed by atoms with Crippen LogP contribution in [0.3, 0.4) is 0 Å². The summed E-state index contributed by atoms with van der Waals surface area (Å²) in [6, 6.07) is 0.314. The van der Waals surface area contributed by atoms with Gasteiger partial charge in [0.2, 0.25) is 0 Å². The highest BCUT2D eigenvalue weighted by atomic mass is 32.2. The monoisotopic (exact) mass is 316 g/mol. The van der Waals surface area contributed by atoms with Gasteiger partial charge in [0.1, 0.15) is 6.61 Å². The molecule has 0 radical (unpaired) electrons. The zero-order valence-corrected chi connectivity index (χ0v) is 13.2. The molecule has 120 valence electrons. The van der Waals surface area contributed by atoms with Crippen LogP contribution in [-0.4, -0.2) is 65.4 Å². The van der Waals surface area contributed by atoms with E-state index in [1.807, 2.05) is 16.7 Å². The fourth-order valence-corrected chi connectivity index (χ4v) is 3.76. The number of thioether (sulfide) groups is 1. The number of carboxylic acid groups (broad SMARTS) is 1. The first-order valence-electron chi connectivity index (χ1n) is 7.50. The second kappa shape index (κ2) is 7.89. The van der Waals surface area contributed by atoms with Gasteiger partial charge in [0, 0.05) is 24.4 Å². The molecule has 1 saturated heterocycles. The Morgan fingerprint density at radius 3 is 2.57 bits per heavy atom. The zero-order valence-electron chi connectivity index (χ0n) is 12.4. The third kappa shape index (κ3) is 5.07. The maximum Gasteiger partial charge on any atom is 0.329 e. The van der Waals surface area contributed by atoms with Crippen molar-refractivity contribution < 1.29 is 19.4 Å². The van der Waals surface area contributed by atoms with E-state index in [0.29, 0.717) is 37.2 Å². The highest BCUT2D eigenvalue weighted by Gasteiger charge is 2.28. The molecule has 0 spiro atoms. The molecule has 2 N–H and O–H groups in total. The summed E-state index contributed by atoms with van der Waals surface area (Å²) in [5, 5.41) is 12.4. The smallest absolute Gasteiger partial charge is 0.329 e. The number of carboxylic acids is 1. The first-order chi connectivity index (χ1) is 10.1. The molecule has 1 aliphatic heterocycles. The van der Waals surface area contributed by atoms with Crippen molar-refractivity contribution in [3.05, 3.63) is 0 Å². The van der Waals surface area contributed by atoms with Crippen molar-refractivity contribution >= 4 is 23.8 Å². The minimum Gasteiger partial charge on any atom is -0.480 e. The van der Waals surface area contributed by atoms with E-state index in [1.165, 1.54) is 6.42 Å². The molecule has 2 atom stereocenters. The Labute approximate surface area is 129 Å². The van der Waals surface area contributed by atoms with Gasteiger partial charge in [-0.15, -0.1) is 0 Å². The number of hydrogen-bond acceptors (Lipinski definition) is 4. The van der Waals surface area contributed by atoms with E-state index in [1.54, 1.807) is 0 Å². The van der Waals surface area contributed by atoms with E-state index in [-0.39, 0.29) is 18.7 Å². The van der Waals surface area contributed by atoms with Crippen LogP contribution in [0.1, 0.15) is 32.1 Å². The fraction of sp³-hybridized carbons (Fsp3) is 0.857. The van der Waals surface area contributed by atoms with Crippen molar-refractivity contribution in [3.8, 4) is 0 Å². The van der Waals surface area contributed by atoms with Gasteiger partial charge in [0.05, 0.1) is 6.10 Å². The average molecular weight is 316 g/mol. The van der Waals surface area contributed by atoms with Gasteiger partial charge >= 0.3 is 12.0 Å². The van der Waals surface area contributed by atoms with Crippen LogP contribution < -0.4 is 5.32 Å². The molecular formula is C14H24N2O4S. The molecule has 0 bridgehead atoms. The van der Waals surface area contributed by atoms with Crippen molar-refractivity contribution in [2.24, 2.45) is 0 Å². The summed E-state index contributed by atoms with van der Waals surface area (Å²) < 4.78 is 5.27. The number of ether oxygens (including phenoxy) is 1. The number of likely N-dealkylation sites (tertiary alicyclic amines) is 1. The number of carbonyl (C=O) groups excluding carboxylic acids is 1. The van der Waals surface area contributed by atoms with Crippen LogP contribution in [0.2, 0.25) is 0 Å². The van der Waals surface area contributed by atoms with Crippen LogP contribution in [0, 0.1) is 0 Å². The van der Waals surface area contributed by atoms with E-state index in [0.717, 1.165) is 12.8 Å². The number of carbonyl (C=O) groups is 2. The molecule has 2 fully saturated rings. The van der Waals surface area contributed by atoms with Gasteiger partial charge < -0.3 is 20.1 Å². The molecular weight excluding hydrogens is 292 g/mol. The van der Waals surface area contributed by atoms with Gasteiger partial charge in [-0.05, 0) is 38.4 Å². The fourth-order valence-electron chi connectivity index (χ4n) is 2.97. The SMILES string of the molecule is CSC1CCC(NC(=O)N2CCC(OCC(=O)O)CC2)C1. The Morgan fingerprint density at radius 1 is 1.29 bits per heavy atom. The van der Waals surface area contributed by atoms with Gasteiger partial charge in [-0.1, -0.05) is 0 Å². The Hall–Kier alpha value is -0.950. The summed E-state index contributed by atoms with van der Waals surface area (Å²) in [4.78, 5) is 24.5. The average Bonchev–Trinajstić information content (AvgIpc) is 2.93. The molecule has 0 aromatic carbocycles. The Morgan fingerprint density at radius 2 is 2.00 bits per heavy atom. The summed E-state index contributed by atoms with van der Waals surface area (Å²) in [5.41, 5.74) is 0. The third-order valence-corrected chi connectivity index (χ3v) is 5.31. The highest BCUT2D eigenvalue weighted by Crippen LogP contribution is 2.28. The zero-order chi connectivity index (χ0) is 15.2. The number of nitrogens with zero attached hydrogens (tertiary/aromatic N) is 1. The van der Waals surface area contributed by atoms with Gasteiger partial charge in [0.25, 0.3) is 0 Å². The molecule has 0 aromatic heterocycles. The van der Waals surface area contributed by atoms with Crippen LogP contribution in [0.15, 0.2) is 0 Å². The summed E-state index contributed by atoms with van der Waals surface area (Å²) in [7, 11) is 0. The van der Waals surface area contributed by atoms with Crippen LogP contribution in [0.4, 0.5) is 4.79 Å². The normalized spacial score (nSPS) is 26.8. The number of piperidine rings is 1.